The van der Waals surface area contributed by atoms with Crippen molar-refractivity contribution in [3.63, 3.8) is 0 Å². The van der Waals surface area contributed by atoms with Crippen LogP contribution in [0.25, 0.3) is 0 Å². The summed E-state index contributed by atoms with van der Waals surface area (Å²) in [5, 5.41) is 3.63. The van der Waals surface area contributed by atoms with Gasteiger partial charge in [-0.1, -0.05) is 38.0 Å². The van der Waals surface area contributed by atoms with E-state index >= 15 is 0 Å². The first-order valence-corrected chi connectivity index (χ1v) is 10.0. The summed E-state index contributed by atoms with van der Waals surface area (Å²) in [5.74, 6) is 0.734. The summed E-state index contributed by atoms with van der Waals surface area (Å²) in [4.78, 5) is 32.4. The Kier molecular flexibility index (Phi) is 5.54. The van der Waals surface area contributed by atoms with Gasteiger partial charge in [0.15, 0.2) is 5.13 Å². The molecule has 0 saturated heterocycles. The minimum absolute atomic E-state index is 0.0972. The van der Waals surface area contributed by atoms with E-state index in [-0.39, 0.29) is 17.7 Å². The van der Waals surface area contributed by atoms with Crippen LogP contribution in [0.5, 0.6) is 0 Å². The second-order valence-corrected chi connectivity index (χ2v) is 8.02. The van der Waals surface area contributed by atoms with Gasteiger partial charge in [-0.15, -0.1) is 0 Å². The zero-order chi connectivity index (χ0) is 17.1. The van der Waals surface area contributed by atoms with E-state index in [9.17, 15) is 9.59 Å². The molecule has 3 rings (SSSR count). The predicted octanol–water partition coefficient (Wildman–Crippen LogP) is 3.59. The lowest BCUT2D eigenvalue weighted by atomic mass is 9.96. The first kappa shape index (κ1) is 17.4. The molecule has 0 spiro atoms. The molecule has 0 radical (unpaired) electrons. The first-order chi connectivity index (χ1) is 11.6. The third-order valence-electron chi connectivity index (χ3n) is 4.84. The lowest BCUT2D eigenvalue weighted by Gasteiger charge is -2.29. The van der Waals surface area contributed by atoms with Crippen molar-refractivity contribution in [1.82, 2.24) is 9.88 Å². The zero-order valence-electron chi connectivity index (χ0n) is 14.6. The number of fused-ring (bicyclic) bond motifs is 1. The van der Waals surface area contributed by atoms with E-state index in [0.717, 1.165) is 62.1 Å². The van der Waals surface area contributed by atoms with Crippen molar-refractivity contribution in [3.05, 3.63) is 10.6 Å². The van der Waals surface area contributed by atoms with Crippen molar-refractivity contribution in [3.8, 4) is 0 Å². The van der Waals surface area contributed by atoms with Gasteiger partial charge in [-0.3, -0.25) is 9.59 Å². The van der Waals surface area contributed by atoms with Crippen molar-refractivity contribution in [2.24, 2.45) is 11.8 Å². The average molecular weight is 350 g/mol. The van der Waals surface area contributed by atoms with Crippen molar-refractivity contribution in [2.45, 2.75) is 65.3 Å². The number of hydrogen-bond acceptors (Lipinski definition) is 4. The van der Waals surface area contributed by atoms with E-state index in [1.165, 1.54) is 11.3 Å². The Balaban J connectivity index is 1.63. The molecule has 1 aliphatic heterocycles. The number of aromatic nitrogens is 1. The fraction of sp³-hybridized carbons (Fsp3) is 0.722. The van der Waals surface area contributed by atoms with Crippen LogP contribution in [0.3, 0.4) is 0 Å². The van der Waals surface area contributed by atoms with Crippen LogP contribution < -0.4 is 5.32 Å². The molecule has 1 N–H and O–H groups in total. The molecule has 0 atom stereocenters. The summed E-state index contributed by atoms with van der Waals surface area (Å²) in [6.07, 6.45) is 6.83. The fourth-order valence-corrected chi connectivity index (χ4v) is 4.36. The summed E-state index contributed by atoms with van der Waals surface area (Å²) in [5.41, 5.74) is 1.05. The Morgan fingerprint density at radius 1 is 1.29 bits per heavy atom. The highest BCUT2D eigenvalue weighted by Gasteiger charge is 2.32. The molecule has 5 nitrogen and oxygen atoms in total. The highest BCUT2D eigenvalue weighted by atomic mass is 32.1. The van der Waals surface area contributed by atoms with Crippen molar-refractivity contribution >= 4 is 28.3 Å². The van der Waals surface area contributed by atoms with Crippen LogP contribution in [0.15, 0.2) is 0 Å². The third kappa shape index (κ3) is 3.97. The number of nitrogens with zero attached hydrogens (tertiary/aromatic N) is 2. The van der Waals surface area contributed by atoms with Gasteiger partial charge in [-0.25, -0.2) is 4.98 Å². The highest BCUT2D eigenvalue weighted by Crippen LogP contribution is 2.33. The minimum atomic E-state index is 0.0972. The smallest absolute Gasteiger partial charge is 0.229 e. The third-order valence-corrected chi connectivity index (χ3v) is 5.84. The lowest BCUT2D eigenvalue weighted by Crippen LogP contribution is -2.39. The first-order valence-electron chi connectivity index (χ1n) is 9.20. The Bertz CT molecular complexity index is 603. The topological polar surface area (TPSA) is 62.3 Å². The Hall–Kier alpha value is -1.43. The van der Waals surface area contributed by atoms with E-state index < -0.39 is 0 Å². The molecule has 2 aliphatic rings. The van der Waals surface area contributed by atoms with Crippen LogP contribution in [-0.2, 0) is 22.6 Å². The van der Waals surface area contributed by atoms with Crippen LogP contribution >= 0.6 is 11.3 Å². The number of carbonyl (C=O) groups excluding carboxylic acids is 2. The Morgan fingerprint density at radius 2 is 2.00 bits per heavy atom. The summed E-state index contributed by atoms with van der Waals surface area (Å²) in [6, 6.07) is 0. The molecular weight excluding hydrogens is 322 g/mol. The molecule has 24 heavy (non-hydrogen) atoms. The molecule has 2 amide bonds. The maximum absolute atomic E-state index is 12.8. The predicted molar refractivity (Wildman–Crippen MR) is 95.9 cm³/mol. The van der Waals surface area contributed by atoms with Gasteiger partial charge in [0.1, 0.15) is 0 Å². The van der Waals surface area contributed by atoms with Gasteiger partial charge in [0.2, 0.25) is 11.8 Å². The van der Waals surface area contributed by atoms with Gasteiger partial charge in [0.25, 0.3) is 0 Å². The normalized spacial score (nSPS) is 17.0. The molecule has 0 aromatic carbocycles. The molecule has 2 heterocycles. The van der Waals surface area contributed by atoms with Gasteiger partial charge >= 0.3 is 0 Å². The SMILES string of the molecule is CCCC(CCC)C(=O)N1CCc2nc(NC(=O)C3CC3)sc2C1. The minimum Gasteiger partial charge on any atom is -0.337 e. The largest absolute Gasteiger partial charge is 0.337 e. The number of hydrogen-bond donors (Lipinski definition) is 1. The van der Waals surface area contributed by atoms with Gasteiger partial charge in [0, 0.05) is 29.7 Å². The lowest BCUT2D eigenvalue weighted by molar-refractivity contribution is -0.137. The second kappa shape index (κ2) is 7.64. The summed E-state index contributed by atoms with van der Waals surface area (Å²) in [7, 11) is 0. The van der Waals surface area contributed by atoms with Crippen LogP contribution in [0.2, 0.25) is 0 Å². The summed E-state index contributed by atoms with van der Waals surface area (Å²) >= 11 is 1.53. The summed E-state index contributed by atoms with van der Waals surface area (Å²) < 4.78 is 0. The molecule has 1 aromatic rings. The second-order valence-electron chi connectivity index (χ2n) is 6.94. The molecule has 1 saturated carbocycles. The zero-order valence-corrected chi connectivity index (χ0v) is 15.5. The maximum atomic E-state index is 12.8. The molecule has 6 heteroatoms. The number of rotatable bonds is 7. The number of nitrogens with one attached hydrogen (secondary N) is 1. The average Bonchev–Trinajstić information content (AvgIpc) is 3.34. The maximum Gasteiger partial charge on any atom is 0.229 e. The van der Waals surface area contributed by atoms with Crippen molar-refractivity contribution < 1.29 is 9.59 Å². The molecule has 132 valence electrons. The number of thiazole rings is 1. The van der Waals surface area contributed by atoms with Gasteiger partial charge in [0.05, 0.1) is 12.2 Å². The Morgan fingerprint density at radius 3 is 2.62 bits per heavy atom. The number of carbonyl (C=O) groups is 2. The van der Waals surface area contributed by atoms with E-state index in [0.29, 0.717) is 17.6 Å². The van der Waals surface area contributed by atoms with Crippen molar-refractivity contribution in [2.75, 3.05) is 11.9 Å². The summed E-state index contributed by atoms with van der Waals surface area (Å²) in [6.45, 7) is 5.68. The number of amides is 2. The van der Waals surface area contributed by atoms with E-state index in [1.807, 2.05) is 4.90 Å². The molecular formula is C18H27N3O2S. The van der Waals surface area contributed by atoms with Gasteiger partial charge < -0.3 is 10.2 Å². The van der Waals surface area contributed by atoms with Crippen LogP contribution in [-0.4, -0.2) is 28.2 Å². The number of anilines is 1. The molecule has 1 fully saturated rings. The monoisotopic (exact) mass is 349 g/mol. The van der Waals surface area contributed by atoms with Crippen LogP contribution in [0.1, 0.15) is 62.9 Å². The molecule has 0 unspecified atom stereocenters. The van der Waals surface area contributed by atoms with Crippen LogP contribution in [0.4, 0.5) is 5.13 Å². The van der Waals surface area contributed by atoms with Crippen molar-refractivity contribution in [1.29, 1.82) is 0 Å². The molecule has 0 bridgehead atoms. The van der Waals surface area contributed by atoms with Crippen LogP contribution in [0, 0.1) is 11.8 Å². The van der Waals surface area contributed by atoms with Gasteiger partial charge in [-0.05, 0) is 25.7 Å². The fourth-order valence-electron chi connectivity index (χ4n) is 3.34. The van der Waals surface area contributed by atoms with E-state index in [2.05, 4.69) is 24.1 Å². The standard InChI is InChI=1S/C18H27N3O2S/c1-3-5-13(6-4-2)17(23)21-10-9-14-15(11-21)24-18(19-14)20-16(22)12-7-8-12/h12-13H,3-11H2,1-2H3,(H,19,20,22). The molecule has 1 aromatic heterocycles. The highest BCUT2D eigenvalue weighted by molar-refractivity contribution is 7.15. The van der Waals surface area contributed by atoms with Gasteiger partial charge in [-0.2, -0.15) is 0 Å². The molecule has 1 aliphatic carbocycles. The quantitative estimate of drug-likeness (QED) is 0.818. The van der Waals surface area contributed by atoms with E-state index in [1.54, 1.807) is 0 Å². The Labute approximate surface area is 147 Å². The van der Waals surface area contributed by atoms with E-state index in [4.69, 9.17) is 0 Å².